The number of hydrogen-bond acceptors (Lipinski definition) is 3. The smallest absolute Gasteiger partial charge is 0.253 e. The average Bonchev–Trinajstić information content (AvgIpc) is 2.86. The molecule has 4 heteroatoms. The first kappa shape index (κ1) is 19.9. The molecule has 0 aromatic carbocycles. The lowest BCUT2D eigenvalue weighted by atomic mass is 10.1. The summed E-state index contributed by atoms with van der Waals surface area (Å²) < 4.78 is 0. The number of nitrogens with zero attached hydrogens (tertiary/aromatic N) is 1. The molecule has 0 saturated carbocycles. The average molecular weight is 322 g/mol. The lowest BCUT2D eigenvalue weighted by Crippen LogP contribution is -2.30. The highest BCUT2D eigenvalue weighted by molar-refractivity contribution is 6.12. The van der Waals surface area contributed by atoms with Crippen molar-refractivity contribution >= 4 is 11.8 Å². The fourth-order valence-electron chi connectivity index (χ4n) is 2.86. The molecule has 23 heavy (non-hydrogen) atoms. The summed E-state index contributed by atoms with van der Waals surface area (Å²) in [6, 6.07) is 0. The van der Waals surface area contributed by atoms with E-state index in [2.05, 4.69) is 12.2 Å². The van der Waals surface area contributed by atoms with Gasteiger partial charge in [-0.3, -0.25) is 14.5 Å². The maximum absolute atomic E-state index is 11.4. The van der Waals surface area contributed by atoms with Gasteiger partial charge in [-0.1, -0.05) is 58.3 Å². The van der Waals surface area contributed by atoms with Crippen LogP contribution in [0, 0.1) is 0 Å². The van der Waals surface area contributed by atoms with Gasteiger partial charge in [0.25, 0.3) is 11.8 Å². The first-order valence-corrected chi connectivity index (χ1v) is 9.50. The van der Waals surface area contributed by atoms with Crippen LogP contribution in [0.5, 0.6) is 0 Å². The van der Waals surface area contributed by atoms with Crippen LogP contribution in [0.1, 0.15) is 77.6 Å². The van der Waals surface area contributed by atoms with Crippen molar-refractivity contribution < 1.29 is 9.59 Å². The van der Waals surface area contributed by atoms with E-state index in [0.717, 1.165) is 32.4 Å². The van der Waals surface area contributed by atoms with Crippen molar-refractivity contribution in [2.75, 3.05) is 19.6 Å². The van der Waals surface area contributed by atoms with E-state index < -0.39 is 0 Å². The molecule has 1 N–H and O–H groups in total. The predicted molar refractivity (Wildman–Crippen MR) is 95.2 cm³/mol. The monoisotopic (exact) mass is 322 g/mol. The summed E-state index contributed by atoms with van der Waals surface area (Å²) in [6.45, 7) is 5.04. The molecule has 132 valence electrons. The van der Waals surface area contributed by atoms with Gasteiger partial charge in [-0.05, 0) is 32.4 Å². The summed E-state index contributed by atoms with van der Waals surface area (Å²) in [5.74, 6) is -0.322. The van der Waals surface area contributed by atoms with Crippen LogP contribution in [0.4, 0.5) is 0 Å². The van der Waals surface area contributed by atoms with Gasteiger partial charge in [-0.25, -0.2) is 0 Å². The van der Waals surface area contributed by atoms with Crippen molar-refractivity contribution in [2.24, 2.45) is 0 Å². The highest BCUT2D eigenvalue weighted by atomic mass is 16.2. The number of imide groups is 1. The van der Waals surface area contributed by atoms with E-state index >= 15 is 0 Å². The molecule has 1 rings (SSSR count). The zero-order chi connectivity index (χ0) is 16.8. The Morgan fingerprint density at radius 2 is 1.22 bits per heavy atom. The highest BCUT2D eigenvalue weighted by Gasteiger charge is 2.21. The van der Waals surface area contributed by atoms with Crippen LogP contribution in [0.3, 0.4) is 0 Å². The van der Waals surface area contributed by atoms with Gasteiger partial charge < -0.3 is 5.32 Å². The Morgan fingerprint density at radius 3 is 1.78 bits per heavy atom. The SMILES string of the molecule is CCCCCCCCCNCCCCCCN1C(=O)C=CC1=O. The van der Waals surface area contributed by atoms with E-state index in [1.165, 1.54) is 68.4 Å². The summed E-state index contributed by atoms with van der Waals surface area (Å²) in [5, 5.41) is 3.50. The number of rotatable bonds is 15. The zero-order valence-corrected chi connectivity index (χ0v) is 14.8. The largest absolute Gasteiger partial charge is 0.317 e. The normalized spacial score (nSPS) is 14.2. The van der Waals surface area contributed by atoms with E-state index in [1.807, 2.05) is 0 Å². The van der Waals surface area contributed by atoms with Gasteiger partial charge in [0, 0.05) is 18.7 Å². The van der Waals surface area contributed by atoms with Gasteiger partial charge >= 0.3 is 0 Å². The molecule has 1 heterocycles. The molecule has 0 unspecified atom stereocenters. The molecular formula is C19H34N2O2. The lowest BCUT2D eigenvalue weighted by Gasteiger charge is -2.13. The Bertz CT molecular complexity index is 348. The highest BCUT2D eigenvalue weighted by Crippen LogP contribution is 2.08. The van der Waals surface area contributed by atoms with Crippen molar-refractivity contribution in [1.82, 2.24) is 10.2 Å². The van der Waals surface area contributed by atoms with Crippen LogP contribution in [0.15, 0.2) is 12.2 Å². The van der Waals surface area contributed by atoms with E-state index in [9.17, 15) is 9.59 Å². The third-order valence-electron chi connectivity index (χ3n) is 4.34. The summed E-state index contributed by atoms with van der Waals surface area (Å²) in [7, 11) is 0. The molecule has 0 bridgehead atoms. The van der Waals surface area contributed by atoms with Crippen molar-refractivity contribution in [3.8, 4) is 0 Å². The van der Waals surface area contributed by atoms with E-state index in [4.69, 9.17) is 0 Å². The Balaban J connectivity index is 1.77. The van der Waals surface area contributed by atoms with Crippen LogP contribution >= 0.6 is 0 Å². The lowest BCUT2D eigenvalue weighted by molar-refractivity contribution is -0.136. The molecule has 0 aliphatic carbocycles. The van der Waals surface area contributed by atoms with Crippen molar-refractivity contribution in [3.05, 3.63) is 12.2 Å². The quantitative estimate of drug-likeness (QED) is 0.368. The molecule has 1 aliphatic heterocycles. The molecule has 0 saturated heterocycles. The first-order valence-electron chi connectivity index (χ1n) is 9.50. The fourth-order valence-corrected chi connectivity index (χ4v) is 2.86. The number of hydrogen-bond donors (Lipinski definition) is 1. The third kappa shape index (κ3) is 9.54. The molecule has 1 aliphatic rings. The Kier molecular flexibility index (Phi) is 11.5. The second kappa shape index (κ2) is 13.3. The maximum atomic E-state index is 11.4. The van der Waals surface area contributed by atoms with Gasteiger partial charge in [-0.2, -0.15) is 0 Å². The molecule has 0 fully saturated rings. The molecule has 0 atom stereocenters. The predicted octanol–water partition coefficient (Wildman–Crippen LogP) is 3.81. The number of amides is 2. The van der Waals surface area contributed by atoms with Gasteiger partial charge in [0.2, 0.25) is 0 Å². The summed E-state index contributed by atoms with van der Waals surface area (Å²) in [5.41, 5.74) is 0. The Labute approximate surface area is 141 Å². The zero-order valence-electron chi connectivity index (χ0n) is 14.8. The van der Waals surface area contributed by atoms with Gasteiger partial charge in [0.15, 0.2) is 0 Å². The van der Waals surface area contributed by atoms with Crippen LogP contribution in [0.2, 0.25) is 0 Å². The molecular weight excluding hydrogens is 288 g/mol. The Hall–Kier alpha value is -1.16. The third-order valence-corrected chi connectivity index (χ3v) is 4.34. The van der Waals surface area contributed by atoms with Crippen molar-refractivity contribution in [1.29, 1.82) is 0 Å². The number of carbonyl (C=O) groups is 2. The summed E-state index contributed by atoms with van der Waals surface area (Å²) in [4.78, 5) is 24.0. The van der Waals surface area contributed by atoms with Gasteiger partial charge in [0.05, 0.1) is 0 Å². The minimum Gasteiger partial charge on any atom is -0.317 e. The van der Waals surface area contributed by atoms with Crippen LogP contribution < -0.4 is 5.32 Å². The van der Waals surface area contributed by atoms with Crippen molar-refractivity contribution in [3.63, 3.8) is 0 Å². The standard InChI is InChI=1S/C19H34N2O2/c1-2-3-4-5-6-7-10-15-20-16-11-8-9-12-17-21-18(22)13-14-19(21)23/h13-14,20H,2-12,15-17H2,1H3. The van der Waals surface area contributed by atoms with Crippen molar-refractivity contribution in [2.45, 2.75) is 77.6 Å². The summed E-state index contributed by atoms with van der Waals surface area (Å²) in [6.07, 6.45) is 16.6. The molecule has 0 spiro atoms. The molecule has 0 aromatic heterocycles. The van der Waals surface area contributed by atoms with Crippen LogP contribution in [-0.2, 0) is 9.59 Å². The van der Waals surface area contributed by atoms with E-state index in [1.54, 1.807) is 0 Å². The van der Waals surface area contributed by atoms with Crippen LogP contribution in [-0.4, -0.2) is 36.3 Å². The molecule has 4 nitrogen and oxygen atoms in total. The second-order valence-corrected chi connectivity index (χ2v) is 6.45. The minimum absolute atomic E-state index is 0.161. The number of unbranched alkanes of at least 4 members (excludes halogenated alkanes) is 9. The van der Waals surface area contributed by atoms with E-state index in [-0.39, 0.29) is 11.8 Å². The molecule has 0 radical (unpaired) electrons. The van der Waals surface area contributed by atoms with Gasteiger partial charge in [-0.15, -0.1) is 0 Å². The number of nitrogens with one attached hydrogen (secondary N) is 1. The topological polar surface area (TPSA) is 49.4 Å². The Morgan fingerprint density at radius 1 is 0.739 bits per heavy atom. The maximum Gasteiger partial charge on any atom is 0.253 e. The molecule has 2 amide bonds. The van der Waals surface area contributed by atoms with Crippen LogP contribution in [0.25, 0.3) is 0 Å². The fraction of sp³-hybridized carbons (Fsp3) is 0.789. The second-order valence-electron chi connectivity index (χ2n) is 6.45. The first-order chi connectivity index (χ1) is 11.3. The van der Waals surface area contributed by atoms with E-state index in [0.29, 0.717) is 6.54 Å². The minimum atomic E-state index is -0.161. The van der Waals surface area contributed by atoms with Gasteiger partial charge in [0.1, 0.15) is 0 Å². The molecule has 0 aromatic rings. The summed E-state index contributed by atoms with van der Waals surface area (Å²) >= 11 is 0. The number of carbonyl (C=O) groups excluding carboxylic acids is 2.